The summed E-state index contributed by atoms with van der Waals surface area (Å²) < 4.78 is 6.04. The van der Waals surface area contributed by atoms with Crippen LogP contribution < -0.4 is 15.8 Å². The second-order valence-corrected chi connectivity index (χ2v) is 6.02. The minimum absolute atomic E-state index is 0.395. The molecule has 0 bridgehead atoms. The van der Waals surface area contributed by atoms with Crippen LogP contribution in [0.5, 0.6) is 11.6 Å². The number of aryl methyl sites for hydroxylation is 3. The van der Waals surface area contributed by atoms with Gasteiger partial charge in [-0.1, -0.05) is 32.0 Å². The Labute approximate surface area is 139 Å². The van der Waals surface area contributed by atoms with Crippen LogP contribution in [-0.4, -0.2) is 11.0 Å². The minimum atomic E-state index is 0.395. The molecule has 0 atom stereocenters. The molecule has 1 heterocycles. The number of ether oxygens (including phenoxy) is 1. The molecule has 0 amide bonds. The number of hydrogen-bond donors (Lipinski definition) is 2. The van der Waals surface area contributed by atoms with Crippen LogP contribution in [0.3, 0.4) is 0 Å². The summed E-state index contributed by atoms with van der Waals surface area (Å²) in [5, 5.41) is 3.53. The molecule has 0 unspecified atom stereocenters. The van der Waals surface area contributed by atoms with E-state index in [4.69, 9.17) is 10.5 Å². The van der Waals surface area contributed by atoms with Gasteiger partial charge in [0.15, 0.2) is 0 Å². The lowest BCUT2D eigenvalue weighted by Crippen LogP contribution is -2.19. The molecule has 23 heavy (non-hydrogen) atoms. The third kappa shape index (κ3) is 3.76. The van der Waals surface area contributed by atoms with Crippen molar-refractivity contribution in [2.24, 2.45) is 0 Å². The number of nitrogens with two attached hydrogens (primary N) is 1. The van der Waals surface area contributed by atoms with Crippen molar-refractivity contribution in [1.82, 2.24) is 4.98 Å². The predicted octanol–water partition coefficient (Wildman–Crippen LogP) is 4.98. The van der Waals surface area contributed by atoms with Gasteiger partial charge < -0.3 is 15.8 Å². The Bertz CT molecular complexity index is 658. The molecule has 0 spiro atoms. The summed E-state index contributed by atoms with van der Waals surface area (Å²) in [4.78, 5) is 4.39. The van der Waals surface area contributed by atoms with Crippen LogP contribution in [0.2, 0.25) is 0 Å². The van der Waals surface area contributed by atoms with Crippen molar-refractivity contribution in [2.75, 3.05) is 11.1 Å². The van der Waals surface area contributed by atoms with Crippen molar-refractivity contribution >= 4 is 11.4 Å². The molecule has 0 saturated carbocycles. The Morgan fingerprint density at radius 2 is 1.70 bits per heavy atom. The molecule has 2 aromatic rings. The van der Waals surface area contributed by atoms with Gasteiger partial charge in [-0.05, 0) is 50.3 Å². The lowest BCUT2D eigenvalue weighted by Gasteiger charge is -2.21. The second-order valence-electron chi connectivity index (χ2n) is 6.02. The topological polar surface area (TPSA) is 60.2 Å². The Morgan fingerprint density at radius 3 is 2.26 bits per heavy atom. The Hall–Kier alpha value is -2.23. The molecule has 2 rings (SSSR count). The molecule has 4 heteroatoms. The van der Waals surface area contributed by atoms with Gasteiger partial charge in [0.1, 0.15) is 11.4 Å². The number of pyridine rings is 1. The summed E-state index contributed by atoms with van der Waals surface area (Å²) in [6.45, 7) is 10.4. The van der Waals surface area contributed by atoms with Crippen molar-refractivity contribution in [3.63, 3.8) is 0 Å². The summed E-state index contributed by atoms with van der Waals surface area (Å²) in [5.74, 6) is 1.28. The Balaban J connectivity index is 2.37. The van der Waals surface area contributed by atoms with Crippen LogP contribution in [0.4, 0.5) is 11.4 Å². The van der Waals surface area contributed by atoms with Crippen LogP contribution in [-0.2, 0) is 0 Å². The van der Waals surface area contributed by atoms with Crippen LogP contribution in [0.1, 0.15) is 43.4 Å². The number of nitrogen functional groups attached to an aromatic ring is 1. The predicted molar refractivity (Wildman–Crippen MR) is 97.4 cm³/mol. The molecule has 0 fully saturated rings. The molecule has 1 aromatic heterocycles. The SMILES string of the molecule is CCC(CC)Nc1c(C)cnc(Oc2c(C)cccc2C)c1N. The highest BCUT2D eigenvalue weighted by Gasteiger charge is 2.16. The lowest BCUT2D eigenvalue weighted by molar-refractivity contribution is 0.458. The molecule has 3 N–H and O–H groups in total. The zero-order valence-corrected chi connectivity index (χ0v) is 14.7. The second kappa shape index (κ2) is 7.36. The maximum atomic E-state index is 6.34. The molecular formula is C19H27N3O. The zero-order valence-electron chi connectivity index (χ0n) is 14.7. The van der Waals surface area contributed by atoms with Crippen LogP contribution in [0, 0.1) is 20.8 Å². The number of nitrogens with one attached hydrogen (secondary N) is 1. The van der Waals surface area contributed by atoms with E-state index in [9.17, 15) is 0 Å². The number of para-hydroxylation sites is 1. The van der Waals surface area contributed by atoms with E-state index < -0.39 is 0 Å². The Morgan fingerprint density at radius 1 is 1.09 bits per heavy atom. The highest BCUT2D eigenvalue weighted by Crippen LogP contribution is 2.36. The fourth-order valence-electron chi connectivity index (χ4n) is 2.64. The van der Waals surface area contributed by atoms with Crippen LogP contribution in [0.15, 0.2) is 24.4 Å². The third-order valence-electron chi connectivity index (χ3n) is 4.21. The molecular weight excluding hydrogens is 286 g/mol. The van der Waals surface area contributed by atoms with Crippen molar-refractivity contribution in [2.45, 2.75) is 53.5 Å². The molecule has 1 aromatic carbocycles. The normalized spacial score (nSPS) is 10.9. The highest BCUT2D eigenvalue weighted by molar-refractivity contribution is 5.74. The van der Waals surface area contributed by atoms with Gasteiger partial charge in [-0.2, -0.15) is 0 Å². The van der Waals surface area contributed by atoms with E-state index in [1.807, 2.05) is 45.2 Å². The summed E-state index contributed by atoms with van der Waals surface area (Å²) in [6, 6.07) is 6.46. The fraction of sp³-hybridized carbons (Fsp3) is 0.421. The van der Waals surface area contributed by atoms with Gasteiger partial charge in [-0.15, -0.1) is 0 Å². The van der Waals surface area contributed by atoms with E-state index in [0.29, 0.717) is 17.6 Å². The van der Waals surface area contributed by atoms with E-state index in [-0.39, 0.29) is 0 Å². The first kappa shape index (κ1) is 17.1. The van der Waals surface area contributed by atoms with Gasteiger partial charge in [0.05, 0.1) is 5.69 Å². The Kier molecular flexibility index (Phi) is 5.48. The highest BCUT2D eigenvalue weighted by atomic mass is 16.5. The largest absolute Gasteiger partial charge is 0.436 e. The molecule has 0 aliphatic heterocycles. The summed E-state index contributed by atoms with van der Waals surface area (Å²) >= 11 is 0. The van der Waals surface area contributed by atoms with E-state index in [1.165, 1.54) is 0 Å². The first-order valence-corrected chi connectivity index (χ1v) is 8.23. The number of benzene rings is 1. The van der Waals surface area contributed by atoms with E-state index >= 15 is 0 Å². The quantitative estimate of drug-likeness (QED) is 0.789. The summed E-state index contributed by atoms with van der Waals surface area (Å²) in [6.07, 6.45) is 3.90. The molecule has 4 nitrogen and oxygen atoms in total. The monoisotopic (exact) mass is 313 g/mol. The molecule has 124 valence electrons. The smallest absolute Gasteiger partial charge is 0.244 e. The van der Waals surface area contributed by atoms with E-state index in [0.717, 1.165) is 41.0 Å². The number of anilines is 2. The summed E-state index contributed by atoms with van der Waals surface area (Å²) in [7, 11) is 0. The van der Waals surface area contributed by atoms with Gasteiger partial charge in [0.2, 0.25) is 5.88 Å². The number of aromatic nitrogens is 1. The lowest BCUT2D eigenvalue weighted by atomic mass is 10.1. The number of rotatable bonds is 6. The van der Waals surface area contributed by atoms with Gasteiger partial charge in [-0.3, -0.25) is 0 Å². The van der Waals surface area contributed by atoms with E-state index in [1.54, 1.807) is 0 Å². The molecule has 0 aliphatic rings. The van der Waals surface area contributed by atoms with Crippen molar-refractivity contribution < 1.29 is 4.74 Å². The average molecular weight is 313 g/mol. The first-order chi connectivity index (χ1) is 11.0. The molecule has 0 radical (unpaired) electrons. The maximum Gasteiger partial charge on any atom is 0.244 e. The van der Waals surface area contributed by atoms with Gasteiger partial charge in [0.25, 0.3) is 0 Å². The van der Waals surface area contributed by atoms with Gasteiger partial charge in [0, 0.05) is 12.2 Å². The van der Waals surface area contributed by atoms with Crippen molar-refractivity contribution in [3.05, 3.63) is 41.1 Å². The average Bonchev–Trinajstić information content (AvgIpc) is 2.53. The van der Waals surface area contributed by atoms with Gasteiger partial charge >= 0.3 is 0 Å². The van der Waals surface area contributed by atoms with Crippen LogP contribution >= 0.6 is 0 Å². The summed E-state index contributed by atoms with van der Waals surface area (Å²) in [5.41, 5.74) is 11.0. The third-order valence-corrected chi connectivity index (χ3v) is 4.21. The van der Waals surface area contributed by atoms with Crippen molar-refractivity contribution in [3.8, 4) is 11.6 Å². The molecule has 0 aliphatic carbocycles. The van der Waals surface area contributed by atoms with Gasteiger partial charge in [-0.25, -0.2) is 4.98 Å². The first-order valence-electron chi connectivity index (χ1n) is 8.23. The number of nitrogens with zero attached hydrogens (tertiary/aromatic N) is 1. The minimum Gasteiger partial charge on any atom is -0.436 e. The molecule has 0 saturated heterocycles. The van der Waals surface area contributed by atoms with E-state index in [2.05, 4.69) is 24.1 Å². The fourth-order valence-corrected chi connectivity index (χ4v) is 2.64. The zero-order chi connectivity index (χ0) is 17.0. The standard InChI is InChI=1S/C19H27N3O/c1-6-15(7-2)22-17-14(5)11-21-19(16(17)20)23-18-12(3)9-8-10-13(18)4/h8-11,15H,6-7,20H2,1-5H3,(H,21,22). The van der Waals surface area contributed by atoms with Crippen LogP contribution in [0.25, 0.3) is 0 Å². The van der Waals surface area contributed by atoms with Crippen molar-refractivity contribution in [1.29, 1.82) is 0 Å². The number of hydrogen-bond acceptors (Lipinski definition) is 4. The maximum absolute atomic E-state index is 6.34.